The van der Waals surface area contributed by atoms with E-state index in [0.717, 1.165) is 11.1 Å². The highest BCUT2D eigenvalue weighted by molar-refractivity contribution is 7.90. The summed E-state index contributed by atoms with van der Waals surface area (Å²) in [6.07, 6.45) is 1.60. The van der Waals surface area contributed by atoms with Crippen LogP contribution in [0.3, 0.4) is 0 Å². The van der Waals surface area contributed by atoms with E-state index >= 15 is 0 Å². The van der Waals surface area contributed by atoms with Crippen molar-refractivity contribution < 1.29 is 22.8 Å². The second-order valence-electron chi connectivity index (χ2n) is 13.3. The summed E-state index contributed by atoms with van der Waals surface area (Å²) in [4.78, 5) is 42.3. The quantitative estimate of drug-likeness (QED) is 0.318. The Morgan fingerprint density at radius 2 is 1.45 bits per heavy atom. The lowest BCUT2D eigenvalue weighted by Crippen LogP contribution is -2.60. The lowest BCUT2D eigenvalue weighted by atomic mass is 9.76. The minimum atomic E-state index is -4.07. The molecule has 2 aromatic rings. The first kappa shape index (κ1) is 36.7. The molecule has 242 valence electrons. The molecule has 0 aliphatic heterocycles. The Kier molecular flexibility index (Phi) is 12.1. The molecule has 3 atom stereocenters. The number of carbonyl (C=O) groups is 3. The number of benzene rings is 2. The van der Waals surface area contributed by atoms with Crippen LogP contribution in [0, 0.1) is 24.2 Å². The minimum absolute atomic E-state index is 0.00233. The van der Waals surface area contributed by atoms with Gasteiger partial charge in [0.15, 0.2) is 0 Å². The molecule has 2 aromatic carbocycles. The fourth-order valence-corrected chi connectivity index (χ4v) is 6.31. The molecule has 0 radical (unpaired) electrons. The van der Waals surface area contributed by atoms with Crippen molar-refractivity contribution in [1.29, 1.82) is 0 Å². The first-order valence-electron chi connectivity index (χ1n) is 14.9. The van der Waals surface area contributed by atoms with E-state index in [1.165, 1.54) is 17.0 Å². The summed E-state index contributed by atoms with van der Waals surface area (Å²) in [7, 11) is -0.742. The van der Waals surface area contributed by atoms with Crippen molar-refractivity contribution in [2.24, 2.45) is 17.3 Å². The molecule has 3 amide bonds. The molecule has 44 heavy (non-hydrogen) atoms. The van der Waals surface area contributed by atoms with Gasteiger partial charge in [0.2, 0.25) is 17.7 Å². The fraction of sp³-hybridized carbons (Fsp3) is 0.500. The number of hydrogen-bond donors (Lipinski definition) is 3. The smallest absolute Gasteiger partial charge is 0.264 e. The molecule has 0 aliphatic rings. The van der Waals surface area contributed by atoms with Crippen LogP contribution in [0.1, 0.15) is 66.5 Å². The number of carbonyl (C=O) groups excluding carboxylic acids is 3. The van der Waals surface area contributed by atoms with E-state index in [-0.39, 0.29) is 22.6 Å². The number of sulfonamides is 1. The van der Waals surface area contributed by atoms with Gasteiger partial charge in [-0.25, -0.2) is 13.1 Å². The van der Waals surface area contributed by atoms with E-state index in [1.54, 1.807) is 46.2 Å². The predicted octanol–water partition coefficient (Wildman–Crippen LogP) is 4.53. The van der Waals surface area contributed by atoms with Crippen molar-refractivity contribution in [2.75, 3.05) is 14.1 Å². The summed E-state index contributed by atoms with van der Waals surface area (Å²) >= 11 is 0. The van der Waals surface area contributed by atoms with Gasteiger partial charge >= 0.3 is 0 Å². The Morgan fingerprint density at radius 3 is 1.95 bits per heavy atom. The molecule has 3 N–H and O–H groups in total. The van der Waals surface area contributed by atoms with Crippen molar-refractivity contribution in [3.63, 3.8) is 0 Å². The van der Waals surface area contributed by atoms with Gasteiger partial charge in [0.1, 0.15) is 6.04 Å². The Hall–Kier alpha value is -3.50. The predicted molar refractivity (Wildman–Crippen MR) is 175 cm³/mol. The summed E-state index contributed by atoms with van der Waals surface area (Å²) in [5.41, 5.74) is 1.03. The second-order valence-corrected chi connectivity index (χ2v) is 15.0. The zero-order chi connectivity index (χ0) is 33.6. The van der Waals surface area contributed by atoms with E-state index in [0.29, 0.717) is 5.70 Å². The molecule has 0 aromatic heterocycles. The highest BCUT2D eigenvalue weighted by Gasteiger charge is 2.41. The van der Waals surface area contributed by atoms with E-state index in [4.69, 9.17) is 0 Å². The lowest BCUT2D eigenvalue weighted by Gasteiger charge is -2.39. The molecular weight excluding hydrogens is 576 g/mol. The average Bonchev–Trinajstić information content (AvgIpc) is 2.93. The molecule has 0 fully saturated rings. The van der Waals surface area contributed by atoms with Crippen LogP contribution in [0.5, 0.6) is 0 Å². The normalized spacial score (nSPS) is 14.9. The monoisotopic (exact) mass is 626 g/mol. The van der Waals surface area contributed by atoms with E-state index in [9.17, 15) is 22.8 Å². The number of rotatable bonds is 12. The van der Waals surface area contributed by atoms with Crippen molar-refractivity contribution in [3.05, 3.63) is 77.5 Å². The summed E-state index contributed by atoms with van der Waals surface area (Å²) in [6.45, 7) is 16.7. The second kappa shape index (κ2) is 14.5. The highest BCUT2D eigenvalue weighted by atomic mass is 32.2. The van der Waals surface area contributed by atoms with Gasteiger partial charge in [-0.3, -0.25) is 14.4 Å². The van der Waals surface area contributed by atoms with Crippen molar-refractivity contribution >= 4 is 27.7 Å². The minimum Gasteiger partial charge on any atom is -0.342 e. The van der Waals surface area contributed by atoms with Gasteiger partial charge < -0.3 is 15.5 Å². The maximum absolute atomic E-state index is 14.1. The SMILES string of the molecule is CN[C@H](C(=O)N[C@H](C(=O)N(C)/C(=C/C(C)C(=O)NS(=O)(=O)c1cccc(C)c1)C(C)C)C(C)(C)C)C(C)(C)c1ccccc1. The van der Waals surface area contributed by atoms with Gasteiger partial charge in [-0.1, -0.05) is 97.0 Å². The molecule has 10 heteroatoms. The van der Waals surface area contributed by atoms with Crippen LogP contribution in [-0.4, -0.2) is 57.2 Å². The average molecular weight is 627 g/mol. The molecule has 0 saturated carbocycles. The molecule has 0 spiro atoms. The van der Waals surface area contributed by atoms with Gasteiger partial charge in [0, 0.05) is 18.2 Å². The zero-order valence-electron chi connectivity index (χ0n) is 28.0. The van der Waals surface area contributed by atoms with Crippen LogP contribution >= 0.6 is 0 Å². The van der Waals surface area contributed by atoms with Crippen molar-refractivity contribution in [3.8, 4) is 0 Å². The van der Waals surface area contributed by atoms with Crippen LogP contribution in [0.25, 0.3) is 0 Å². The molecule has 0 saturated heterocycles. The Bertz CT molecular complexity index is 1460. The van der Waals surface area contributed by atoms with Gasteiger partial charge in [-0.05, 0) is 55.5 Å². The van der Waals surface area contributed by atoms with Crippen molar-refractivity contribution in [2.45, 2.75) is 84.7 Å². The number of allylic oxidation sites excluding steroid dienone is 1. The maximum atomic E-state index is 14.1. The number of amides is 3. The molecule has 0 heterocycles. The molecule has 0 aliphatic carbocycles. The van der Waals surface area contributed by atoms with Gasteiger partial charge in [-0.2, -0.15) is 0 Å². The highest BCUT2D eigenvalue weighted by Crippen LogP contribution is 2.29. The lowest BCUT2D eigenvalue weighted by molar-refractivity contribution is -0.138. The fourth-order valence-electron chi connectivity index (χ4n) is 5.14. The molecule has 9 nitrogen and oxygen atoms in total. The number of likely N-dealkylation sites (N-methyl/N-ethyl adjacent to an activating group) is 2. The third kappa shape index (κ3) is 9.01. The molecular formula is C34H50N4O5S. The van der Waals surface area contributed by atoms with Crippen LogP contribution in [0.15, 0.2) is 71.3 Å². The van der Waals surface area contributed by atoms with Crippen LogP contribution in [-0.2, 0) is 29.8 Å². The van der Waals surface area contributed by atoms with Crippen molar-refractivity contribution in [1.82, 2.24) is 20.3 Å². The largest absolute Gasteiger partial charge is 0.342 e. The van der Waals surface area contributed by atoms with Crippen LogP contribution < -0.4 is 15.4 Å². The van der Waals surface area contributed by atoms with Gasteiger partial charge in [0.25, 0.3) is 10.0 Å². The molecule has 0 bridgehead atoms. The standard InChI is InChI=1S/C34H50N4O5S/c1-22(2)27(21-24(4)30(39)37-44(42,43)26-19-15-16-23(3)20-26)38(11)32(41)29(33(5,6)7)36-31(40)28(35-10)34(8,9)25-17-13-12-14-18-25/h12-22,24,28-29,35H,1-11H3,(H,36,40)(H,37,39)/b27-21+/t24?,28-,29-/m1/s1. The number of nitrogens with zero attached hydrogens (tertiary/aromatic N) is 1. The summed E-state index contributed by atoms with van der Waals surface area (Å²) in [6, 6.07) is 14.5. The zero-order valence-corrected chi connectivity index (χ0v) is 28.8. The number of hydrogen-bond acceptors (Lipinski definition) is 6. The third-order valence-corrected chi connectivity index (χ3v) is 9.21. The van der Waals surface area contributed by atoms with E-state index < -0.39 is 44.8 Å². The summed E-state index contributed by atoms with van der Waals surface area (Å²) in [5, 5.41) is 6.15. The Labute approximate surface area is 263 Å². The first-order valence-corrected chi connectivity index (χ1v) is 16.4. The maximum Gasteiger partial charge on any atom is 0.264 e. The summed E-state index contributed by atoms with van der Waals surface area (Å²) in [5.74, 6) is -2.44. The van der Waals surface area contributed by atoms with E-state index in [1.807, 2.05) is 78.8 Å². The Morgan fingerprint density at radius 1 is 0.864 bits per heavy atom. The van der Waals surface area contributed by atoms with Crippen LogP contribution in [0.2, 0.25) is 0 Å². The number of aryl methyl sites for hydroxylation is 1. The summed E-state index contributed by atoms with van der Waals surface area (Å²) < 4.78 is 27.8. The Balaban J connectivity index is 2.34. The third-order valence-electron chi connectivity index (χ3n) is 7.87. The molecule has 1 unspecified atom stereocenters. The van der Waals surface area contributed by atoms with Gasteiger partial charge in [0.05, 0.1) is 16.9 Å². The first-order chi connectivity index (χ1) is 20.2. The van der Waals surface area contributed by atoms with E-state index in [2.05, 4.69) is 15.4 Å². The topological polar surface area (TPSA) is 125 Å². The van der Waals surface area contributed by atoms with Gasteiger partial charge in [-0.15, -0.1) is 0 Å². The van der Waals surface area contributed by atoms with Crippen LogP contribution in [0.4, 0.5) is 0 Å². The molecule has 2 rings (SSSR count). The number of nitrogens with one attached hydrogen (secondary N) is 3.